The first kappa shape index (κ1) is 15.7. The summed E-state index contributed by atoms with van der Waals surface area (Å²) in [6.45, 7) is 8.27. The van der Waals surface area contributed by atoms with Gasteiger partial charge in [-0.3, -0.25) is 4.79 Å². The van der Waals surface area contributed by atoms with Gasteiger partial charge in [-0.05, 0) is 37.5 Å². The molecule has 0 bridgehead atoms. The quantitative estimate of drug-likeness (QED) is 0.606. The standard InChI is InChI=1S/C16H30O2/c1-4-5-14-6-7-16(17)15(12-14)9-11-18-10-8-13(2)3/h13-15H,4-12H2,1-3H3. The van der Waals surface area contributed by atoms with E-state index in [1.54, 1.807) is 0 Å². The fraction of sp³-hybridized carbons (Fsp3) is 0.938. The van der Waals surface area contributed by atoms with Gasteiger partial charge in [0.25, 0.3) is 0 Å². The lowest BCUT2D eigenvalue weighted by Crippen LogP contribution is -2.26. The highest BCUT2D eigenvalue weighted by atomic mass is 16.5. The Bertz CT molecular complexity index is 235. The molecule has 0 heterocycles. The lowest BCUT2D eigenvalue weighted by Gasteiger charge is -2.27. The summed E-state index contributed by atoms with van der Waals surface area (Å²) in [7, 11) is 0. The molecule has 0 amide bonds. The molecule has 0 radical (unpaired) electrons. The van der Waals surface area contributed by atoms with E-state index >= 15 is 0 Å². The maximum Gasteiger partial charge on any atom is 0.136 e. The molecule has 1 fully saturated rings. The van der Waals surface area contributed by atoms with Crippen molar-refractivity contribution < 1.29 is 9.53 Å². The van der Waals surface area contributed by atoms with Crippen LogP contribution in [0.3, 0.4) is 0 Å². The Labute approximate surface area is 112 Å². The van der Waals surface area contributed by atoms with Crippen molar-refractivity contribution in [3.63, 3.8) is 0 Å². The monoisotopic (exact) mass is 254 g/mol. The molecule has 2 atom stereocenters. The molecule has 0 aromatic rings. The third-order valence-corrected chi connectivity index (χ3v) is 4.02. The predicted octanol–water partition coefficient (Wildman–Crippen LogP) is 4.22. The normalized spacial score (nSPS) is 24.8. The van der Waals surface area contributed by atoms with Crippen LogP contribution in [-0.4, -0.2) is 19.0 Å². The minimum atomic E-state index is 0.286. The SMILES string of the molecule is CCCC1CCC(=O)C(CCOCCC(C)C)C1. The highest BCUT2D eigenvalue weighted by Crippen LogP contribution is 2.31. The minimum Gasteiger partial charge on any atom is -0.381 e. The van der Waals surface area contributed by atoms with Gasteiger partial charge < -0.3 is 4.74 Å². The number of carbonyl (C=O) groups is 1. The van der Waals surface area contributed by atoms with Crippen molar-refractivity contribution >= 4 is 5.78 Å². The zero-order valence-corrected chi connectivity index (χ0v) is 12.4. The number of ketones is 1. The van der Waals surface area contributed by atoms with E-state index in [9.17, 15) is 4.79 Å². The van der Waals surface area contributed by atoms with Gasteiger partial charge in [-0.2, -0.15) is 0 Å². The molecule has 1 aliphatic carbocycles. The Balaban J connectivity index is 2.16. The molecular weight excluding hydrogens is 224 g/mol. The molecule has 1 aliphatic rings. The van der Waals surface area contributed by atoms with Gasteiger partial charge >= 0.3 is 0 Å². The summed E-state index contributed by atoms with van der Waals surface area (Å²) < 4.78 is 5.64. The van der Waals surface area contributed by atoms with Gasteiger partial charge in [-0.15, -0.1) is 0 Å². The summed E-state index contributed by atoms with van der Waals surface area (Å²) in [5.74, 6) is 2.26. The van der Waals surface area contributed by atoms with Crippen molar-refractivity contribution in [2.24, 2.45) is 17.8 Å². The van der Waals surface area contributed by atoms with Crippen molar-refractivity contribution in [2.75, 3.05) is 13.2 Å². The minimum absolute atomic E-state index is 0.286. The molecule has 106 valence electrons. The van der Waals surface area contributed by atoms with Crippen LogP contribution in [0.15, 0.2) is 0 Å². The average Bonchev–Trinajstić information content (AvgIpc) is 2.32. The van der Waals surface area contributed by atoms with Gasteiger partial charge in [0.05, 0.1) is 0 Å². The Morgan fingerprint density at radius 1 is 1.28 bits per heavy atom. The molecule has 0 aliphatic heterocycles. The number of Topliss-reactive ketones (excluding diaryl/α,β-unsaturated/α-hetero) is 1. The van der Waals surface area contributed by atoms with Crippen LogP contribution in [0, 0.1) is 17.8 Å². The maximum atomic E-state index is 11.9. The summed E-state index contributed by atoms with van der Waals surface area (Å²) in [4.78, 5) is 11.9. The van der Waals surface area contributed by atoms with E-state index in [1.165, 1.54) is 12.8 Å². The highest BCUT2D eigenvalue weighted by molar-refractivity contribution is 5.81. The van der Waals surface area contributed by atoms with Crippen LogP contribution in [-0.2, 0) is 9.53 Å². The second kappa shape index (κ2) is 8.68. The molecule has 2 unspecified atom stereocenters. The van der Waals surface area contributed by atoms with Crippen molar-refractivity contribution in [2.45, 2.75) is 65.7 Å². The largest absolute Gasteiger partial charge is 0.381 e. The van der Waals surface area contributed by atoms with Crippen LogP contribution < -0.4 is 0 Å². The molecule has 0 aromatic heterocycles. The van der Waals surface area contributed by atoms with Crippen molar-refractivity contribution in [1.82, 2.24) is 0 Å². The number of rotatable bonds is 8. The molecule has 2 heteroatoms. The first-order valence-corrected chi connectivity index (χ1v) is 7.74. The zero-order chi connectivity index (χ0) is 13.4. The lowest BCUT2D eigenvalue weighted by molar-refractivity contribution is -0.126. The third-order valence-electron chi connectivity index (χ3n) is 4.02. The van der Waals surface area contributed by atoms with Gasteiger partial charge in [0.15, 0.2) is 0 Å². The molecule has 0 aromatic carbocycles. The summed E-state index contributed by atoms with van der Waals surface area (Å²) >= 11 is 0. The number of carbonyl (C=O) groups excluding carboxylic acids is 1. The summed E-state index contributed by atoms with van der Waals surface area (Å²) in [5.41, 5.74) is 0. The fourth-order valence-electron chi connectivity index (χ4n) is 2.80. The average molecular weight is 254 g/mol. The van der Waals surface area contributed by atoms with Gasteiger partial charge in [0.2, 0.25) is 0 Å². The first-order valence-electron chi connectivity index (χ1n) is 7.74. The van der Waals surface area contributed by atoms with Crippen molar-refractivity contribution in [3.8, 4) is 0 Å². The van der Waals surface area contributed by atoms with E-state index in [0.29, 0.717) is 11.7 Å². The molecular formula is C16H30O2. The molecule has 0 saturated heterocycles. The summed E-state index contributed by atoms with van der Waals surface area (Å²) in [6, 6.07) is 0. The summed E-state index contributed by atoms with van der Waals surface area (Å²) in [5, 5.41) is 0. The lowest BCUT2D eigenvalue weighted by atomic mass is 9.77. The Hall–Kier alpha value is -0.370. The first-order chi connectivity index (χ1) is 8.63. The smallest absolute Gasteiger partial charge is 0.136 e. The second-order valence-corrected chi connectivity index (χ2v) is 6.18. The van der Waals surface area contributed by atoms with Gasteiger partial charge in [0.1, 0.15) is 5.78 Å². The predicted molar refractivity (Wildman–Crippen MR) is 75.6 cm³/mol. The number of hydrogen-bond acceptors (Lipinski definition) is 2. The Kier molecular flexibility index (Phi) is 7.57. The number of ether oxygens (including phenoxy) is 1. The third kappa shape index (κ3) is 5.99. The van der Waals surface area contributed by atoms with Gasteiger partial charge in [-0.1, -0.05) is 33.6 Å². The van der Waals surface area contributed by atoms with Crippen LogP contribution in [0.1, 0.15) is 65.7 Å². The van der Waals surface area contributed by atoms with E-state index in [2.05, 4.69) is 20.8 Å². The second-order valence-electron chi connectivity index (χ2n) is 6.18. The van der Waals surface area contributed by atoms with Crippen LogP contribution in [0.2, 0.25) is 0 Å². The van der Waals surface area contributed by atoms with Crippen LogP contribution in [0.25, 0.3) is 0 Å². The van der Waals surface area contributed by atoms with Gasteiger partial charge in [0, 0.05) is 25.6 Å². The molecule has 1 rings (SSSR count). The molecule has 1 saturated carbocycles. The number of hydrogen-bond donors (Lipinski definition) is 0. The topological polar surface area (TPSA) is 26.3 Å². The molecule has 2 nitrogen and oxygen atoms in total. The zero-order valence-electron chi connectivity index (χ0n) is 12.4. The summed E-state index contributed by atoms with van der Waals surface area (Å²) in [6.07, 6.45) is 7.64. The molecule has 18 heavy (non-hydrogen) atoms. The van der Waals surface area contributed by atoms with E-state index in [-0.39, 0.29) is 5.92 Å². The van der Waals surface area contributed by atoms with Crippen molar-refractivity contribution in [1.29, 1.82) is 0 Å². The maximum absolute atomic E-state index is 11.9. The van der Waals surface area contributed by atoms with E-state index in [0.717, 1.165) is 51.2 Å². The van der Waals surface area contributed by atoms with E-state index in [1.807, 2.05) is 0 Å². The van der Waals surface area contributed by atoms with E-state index < -0.39 is 0 Å². The van der Waals surface area contributed by atoms with Crippen LogP contribution in [0.5, 0.6) is 0 Å². The molecule has 0 spiro atoms. The van der Waals surface area contributed by atoms with E-state index in [4.69, 9.17) is 4.74 Å². The van der Waals surface area contributed by atoms with Crippen LogP contribution in [0.4, 0.5) is 0 Å². The van der Waals surface area contributed by atoms with Crippen molar-refractivity contribution in [3.05, 3.63) is 0 Å². The highest BCUT2D eigenvalue weighted by Gasteiger charge is 2.27. The fourth-order valence-corrected chi connectivity index (χ4v) is 2.80. The van der Waals surface area contributed by atoms with Crippen LogP contribution >= 0.6 is 0 Å². The molecule has 0 N–H and O–H groups in total. The Morgan fingerprint density at radius 2 is 2.06 bits per heavy atom. The van der Waals surface area contributed by atoms with Gasteiger partial charge in [-0.25, -0.2) is 0 Å². The Morgan fingerprint density at radius 3 is 2.72 bits per heavy atom.